The smallest absolute Gasteiger partial charge is 0.0541 e. The fraction of sp³-hybridized carbons (Fsp3) is 0.0189. The van der Waals surface area contributed by atoms with Crippen molar-refractivity contribution in [2.45, 2.75) is 6.42 Å². The average molecular weight is 699 g/mol. The largest absolute Gasteiger partial charge is 0.309 e. The predicted octanol–water partition coefficient (Wildman–Crippen LogP) is 13.9. The maximum atomic E-state index is 2.47. The Balaban J connectivity index is 1.04. The molecule has 1 aliphatic carbocycles. The number of hydrogen-bond donors (Lipinski definition) is 0. The summed E-state index contributed by atoms with van der Waals surface area (Å²) in [5.41, 5.74) is 17.8. The first-order chi connectivity index (χ1) is 27.3. The van der Waals surface area contributed by atoms with Crippen molar-refractivity contribution < 1.29 is 0 Å². The fourth-order valence-corrected chi connectivity index (χ4v) is 9.56. The monoisotopic (exact) mass is 698 g/mol. The van der Waals surface area contributed by atoms with Gasteiger partial charge in [0.2, 0.25) is 0 Å². The summed E-state index contributed by atoms with van der Waals surface area (Å²) in [4.78, 5) is 0. The molecule has 2 aromatic heterocycles. The minimum atomic E-state index is 0.990. The molecule has 0 saturated heterocycles. The zero-order chi connectivity index (χ0) is 36.0. The van der Waals surface area contributed by atoms with Gasteiger partial charge >= 0.3 is 0 Å². The second-order valence-electron chi connectivity index (χ2n) is 14.9. The van der Waals surface area contributed by atoms with Crippen molar-refractivity contribution in [3.05, 3.63) is 205 Å². The fourth-order valence-electron chi connectivity index (χ4n) is 9.56. The Bertz CT molecular complexity index is 3340. The molecule has 1 aliphatic rings. The third-order valence-electron chi connectivity index (χ3n) is 11.9. The highest BCUT2D eigenvalue weighted by molar-refractivity contribution is 6.14. The van der Waals surface area contributed by atoms with Crippen LogP contribution in [0.4, 0.5) is 0 Å². The second-order valence-corrected chi connectivity index (χ2v) is 14.9. The highest BCUT2D eigenvalue weighted by atomic mass is 15.0. The number of benzene rings is 9. The Labute approximate surface area is 318 Å². The van der Waals surface area contributed by atoms with Crippen LogP contribution in [0.5, 0.6) is 0 Å². The van der Waals surface area contributed by atoms with Crippen molar-refractivity contribution in [2.75, 3.05) is 0 Å². The predicted molar refractivity (Wildman–Crippen MR) is 232 cm³/mol. The standard InChI is InChI=1S/C53H34N2/c1-2-15-38(16-3-1)54-48-24-8-6-18-43(48)46-32-34(27-29-51(46)54)35-28-30-52-47(33-35)44-19-7-9-25-49(44)55(52)50-26-12-21-40-41(20-11-22-42(40)50)45-23-10-14-37-31-36-13-4-5-17-39(36)53(37)45/h1-30,32-33H,31H2. The van der Waals surface area contributed by atoms with Crippen LogP contribution in [0.2, 0.25) is 0 Å². The SMILES string of the molecule is c1ccc(-n2c3ccccc3c3cc(-c4ccc5c(c4)c4ccccc4n5-c4cccc5c(-c6cccc7c6-c6ccccc6C7)cccc45)ccc32)cc1. The number of aromatic nitrogens is 2. The van der Waals surface area contributed by atoms with Crippen molar-refractivity contribution in [2.24, 2.45) is 0 Å². The van der Waals surface area contributed by atoms with Crippen molar-refractivity contribution >= 4 is 54.4 Å². The lowest BCUT2D eigenvalue weighted by atomic mass is 9.91. The average Bonchev–Trinajstić information content (AvgIpc) is 3.91. The maximum Gasteiger partial charge on any atom is 0.0541 e. The van der Waals surface area contributed by atoms with Gasteiger partial charge in [0, 0.05) is 32.6 Å². The number of fused-ring (bicyclic) bond motifs is 10. The summed E-state index contributed by atoms with van der Waals surface area (Å²) in [6.45, 7) is 0. The van der Waals surface area contributed by atoms with E-state index in [1.54, 1.807) is 0 Å². The van der Waals surface area contributed by atoms with Crippen LogP contribution in [0, 0.1) is 0 Å². The van der Waals surface area contributed by atoms with Crippen LogP contribution in [0.3, 0.4) is 0 Å². The molecule has 2 nitrogen and oxygen atoms in total. The molecule has 0 atom stereocenters. The molecule has 0 spiro atoms. The molecule has 12 rings (SSSR count). The molecule has 2 heteroatoms. The third kappa shape index (κ3) is 4.43. The van der Waals surface area contributed by atoms with E-state index in [4.69, 9.17) is 0 Å². The Hall–Kier alpha value is -7.16. The molecular formula is C53H34N2. The Kier molecular flexibility index (Phi) is 6.43. The summed E-state index contributed by atoms with van der Waals surface area (Å²) in [5.74, 6) is 0. The molecule has 55 heavy (non-hydrogen) atoms. The van der Waals surface area contributed by atoms with Gasteiger partial charge in [0.15, 0.2) is 0 Å². The van der Waals surface area contributed by atoms with E-state index in [-0.39, 0.29) is 0 Å². The van der Waals surface area contributed by atoms with E-state index >= 15 is 0 Å². The van der Waals surface area contributed by atoms with Crippen LogP contribution in [0.15, 0.2) is 194 Å². The van der Waals surface area contributed by atoms with Gasteiger partial charge in [-0.25, -0.2) is 0 Å². The number of hydrogen-bond acceptors (Lipinski definition) is 0. The highest BCUT2D eigenvalue weighted by Crippen LogP contribution is 2.46. The molecule has 2 heterocycles. The number of rotatable bonds is 4. The molecule has 0 amide bonds. The molecule has 0 aliphatic heterocycles. The molecule has 0 bridgehead atoms. The number of para-hydroxylation sites is 3. The molecule has 9 aromatic carbocycles. The van der Waals surface area contributed by atoms with Crippen molar-refractivity contribution in [3.8, 4) is 44.8 Å². The zero-order valence-corrected chi connectivity index (χ0v) is 30.1. The van der Waals surface area contributed by atoms with Gasteiger partial charge in [-0.3, -0.25) is 0 Å². The first kappa shape index (κ1) is 30.3. The van der Waals surface area contributed by atoms with Gasteiger partial charge in [0.05, 0.1) is 27.8 Å². The molecule has 0 radical (unpaired) electrons. The summed E-state index contributed by atoms with van der Waals surface area (Å²) in [5, 5.41) is 7.55. The lowest BCUT2D eigenvalue weighted by Crippen LogP contribution is -1.96. The quantitative estimate of drug-likeness (QED) is 0.173. The minimum Gasteiger partial charge on any atom is -0.309 e. The van der Waals surface area contributed by atoms with E-state index in [9.17, 15) is 0 Å². The van der Waals surface area contributed by atoms with Gasteiger partial charge < -0.3 is 9.13 Å². The van der Waals surface area contributed by atoms with Crippen molar-refractivity contribution in [1.82, 2.24) is 9.13 Å². The summed E-state index contributed by atoms with van der Waals surface area (Å²) in [6.07, 6.45) is 0.990. The van der Waals surface area contributed by atoms with Crippen molar-refractivity contribution in [1.29, 1.82) is 0 Å². The minimum absolute atomic E-state index is 0.990. The molecule has 256 valence electrons. The van der Waals surface area contributed by atoms with Crippen LogP contribution in [0.25, 0.3) is 99.1 Å². The lowest BCUT2D eigenvalue weighted by molar-refractivity contribution is 1.18. The van der Waals surface area contributed by atoms with E-state index < -0.39 is 0 Å². The van der Waals surface area contributed by atoms with Gasteiger partial charge in [0.1, 0.15) is 0 Å². The molecule has 0 unspecified atom stereocenters. The van der Waals surface area contributed by atoms with Crippen LogP contribution in [-0.4, -0.2) is 9.13 Å². The molecule has 0 N–H and O–H groups in total. The van der Waals surface area contributed by atoms with Crippen LogP contribution in [-0.2, 0) is 6.42 Å². The second kappa shape index (κ2) is 11.7. The highest BCUT2D eigenvalue weighted by Gasteiger charge is 2.23. The van der Waals surface area contributed by atoms with Crippen LogP contribution >= 0.6 is 0 Å². The van der Waals surface area contributed by atoms with Crippen LogP contribution in [0.1, 0.15) is 11.1 Å². The van der Waals surface area contributed by atoms with Crippen molar-refractivity contribution in [3.63, 3.8) is 0 Å². The topological polar surface area (TPSA) is 9.86 Å². The lowest BCUT2D eigenvalue weighted by Gasteiger charge is -2.16. The summed E-state index contributed by atoms with van der Waals surface area (Å²) in [7, 11) is 0. The first-order valence-corrected chi connectivity index (χ1v) is 19.1. The van der Waals surface area contributed by atoms with Gasteiger partial charge in [-0.15, -0.1) is 0 Å². The maximum absolute atomic E-state index is 2.47. The van der Waals surface area contributed by atoms with Gasteiger partial charge in [-0.2, -0.15) is 0 Å². The molecular weight excluding hydrogens is 665 g/mol. The van der Waals surface area contributed by atoms with E-state index in [2.05, 4.69) is 203 Å². The third-order valence-corrected chi connectivity index (χ3v) is 11.9. The first-order valence-electron chi connectivity index (χ1n) is 19.1. The summed E-state index contributed by atoms with van der Waals surface area (Å²) < 4.78 is 4.85. The molecule has 0 saturated carbocycles. The molecule has 11 aromatic rings. The Morgan fingerprint density at radius 2 is 0.836 bits per heavy atom. The van der Waals surface area contributed by atoms with E-state index in [0.29, 0.717) is 0 Å². The summed E-state index contributed by atoms with van der Waals surface area (Å²) in [6, 6.07) is 71.6. The van der Waals surface area contributed by atoms with E-state index in [1.807, 2.05) is 0 Å². The number of nitrogens with zero attached hydrogens (tertiary/aromatic N) is 2. The van der Waals surface area contributed by atoms with E-state index in [1.165, 1.54) is 110 Å². The molecule has 0 fully saturated rings. The Morgan fingerprint density at radius 1 is 0.309 bits per heavy atom. The van der Waals surface area contributed by atoms with E-state index in [0.717, 1.165) is 6.42 Å². The Morgan fingerprint density at radius 3 is 1.62 bits per heavy atom. The van der Waals surface area contributed by atoms with Gasteiger partial charge in [-0.05, 0) is 111 Å². The van der Waals surface area contributed by atoms with Gasteiger partial charge in [0.25, 0.3) is 0 Å². The normalized spacial score (nSPS) is 12.3. The van der Waals surface area contributed by atoms with Crippen LogP contribution < -0.4 is 0 Å². The summed E-state index contributed by atoms with van der Waals surface area (Å²) >= 11 is 0. The van der Waals surface area contributed by atoms with Gasteiger partial charge in [-0.1, -0.05) is 140 Å². The zero-order valence-electron chi connectivity index (χ0n) is 30.1.